The van der Waals surface area contributed by atoms with Gasteiger partial charge >= 0.3 is 0 Å². The number of carbonyl (C=O) groups is 1. The van der Waals surface area contributed by atoms with E-state index in [1.54, 1.807) is 12.4 Å². The number of anilines is 1. The third kappa shape index (κ3) is 5.42. The van der Waals surface area contributed by atoms with Crippen LogP contribution in [0.1, 0.15) is 18.1 Å². The number of rotatable bonds is 8. The van der Waals surface area contributed by atoms with Crippen LogP contribution in [0, 0.1) is 6.92 Å². The van der Waals surface area contributed by atoms with Crippen molar-refractivity contribution in [3.8, 4) is 11.4 Å². The lowest BCUT2D eigenvalue weighted by atomic mass is 10.1. The Labute approximate surface area is 192 Å². The summed E-state index contributed by atoms with van der Waals surface area (Å²) in [6.45, 7) is 4.61. The molecule has 4 aromatic rings. The number of amides is 1. The Morgan fingerprint density at radius 1 is 1.03 bits per heavy atom. The smallest absolute Gasteiger partial charge is 0.237 e. The zero-order chi connectivity index (χ0) is 22.3. The van der Waals surface area contributed by atoms with Crippen LogP contribution >= 0.6 is 11.8 Å². The summed E-state index contributed by atoms with van der Waals surface area (Å²) in [5, 5.41) is 12.2. The minimum absolute atomic E-state index is 0.0700. The molecular formula is C25H25N5OS. The second kappa shape index (κ2) is 10.2. The third-order valence-electron chi connectivity index (χ3n) is 5.07. The molecular weight excluding hydrogens is 418 g/mol. The molecule has 4 rings (SSSR count). The van der Waals surface area contributed by atoms with Gasteiger partial charge in [0.1, 0.15) is 0 Å². The van der Waals surface area contributed by atoms with Crippen molar-refractivity contribution in [1.82, 2.24) is 19.7 Å². The van der Waals surface area contributed by atoms with Crippen LogP contribution < -0.4 is 5.32 Å². The van der Waals surface area contributed by atoms with Crippen molar-refractivity contribution in [2.45, 2.75) is 37.2 Å². The second-order valence-electron chi connectivity index (χ2n) is 7.55. The largest absolute Gasteiger partial charge is 0.325 e. The first-order valence-corrected chi connectivity index (χ1v) is 11.4. The number of aryl methyl sites for hydroxylation is 2. The minimum atomic E-state index is -0.335. The van der Waals surface area contributed by atoms with E-state index in [1.807, 2.05) is 68.4 Å². The average molecular weight is 444 g/mol. The van der Waals surface area contributed by atoms with Crippen molar-refractivity contribution >= 4 is 23.4 Å². The van der Waals surface area contributed by atoms with Crippen LogP contribution in [0.3, 0.4) is 0 Å². The molecule has 0 aliphatic carbocycles. The summed E-state index contributed by atoms with van der Waals surface area (Å²) in [5.41, 5.74) is 4.07. The number of benzene rings is 2. The molecule has 0 aliphatic heterocycles. The molecule has 162 valence electrons. The molecule has 1 amide bonds. The summed E-state index contributed by atoms with van der Waals surface area (Å²) in [4.78, 5) is 17.0. The number of hydrogen-bond donors (Lipinski definition) is 1. The maximum Gasteiger partial charge on any atom is 0.237 e. The van der Waals surface area contributed by atoms with Gasteiger partial charge in [0, 0.05) is 30.2 Å². The fourth-order valence-electron chi connectivity index (χ4n) is 3.26. The number of nitrogens with one attached hydrogen (secondary N) is 1. The SMILES string of the molecule is Cc1ccc(NC(=O)[C@@H](C)Sc2nnc(-c3cccnc3)n2CCc2ccccc2)cc1. The summed E-state index contributed by atoms with van der Waals surface area (Å²) in [5.74, 6) is 0.682. The van der Waals surface area contributed by atoms with Gasteiger partial charge in [-0.1, -0.05) is 59.8 Å². The van der Waals surface area contributed by atoms with E-state index in [0.717, 1.165) is 29.1 Å². The molecule has 32 heavy (non-hydrogen) atoms. The average Bonchev–Trinajstić information content (AvgIpc) is 3.22. The number of thioether (sulfide) groups is 1. The Hall–Kier alpha value is -3.45. The maximum absolute atomic E-state index is 12.8. The van der Waals surface area contributed by atoms with Crippen LogP contribution in [0.5, 0.6) is 0 Å². The van der Waals surface area contributed by atoms with E-state index >= 15 is 0 Å². The highest BCUT2D eigenvalue weighted by Gasteiger charge is 2.21. The summed E-state index contributed by atoms with van der Waals surface area (Å²) in [6, 6.07) is 21.9. The summed E-state index contributed by atoms with van der Waals surface area (Å²) < 4.78 is 2.07. The van der Waals surface area contributed by atoms with Gasteiger partial charge in [-0.2, -0.15) is 0 Å². The van der Waals surface area contributed by atoms with Gasteiger partial charge in [0.25, 0.3) is 0 Å². The number of aromatic nitrogens is 4. The van der Waals surface area contributed by atoms with Crippen molar-refractivity contribution < 1.29 is 4.79 Å². The van der Waals surface area contributed by atoms with Gasteiger partial charge in [0.15, 0.2) is 11.0 Å². The van der Waals surface area contributed by atoms with Crippen molar-refractivity contribution in [3.05, 3.63) is 90.3 Å². The van der Waals surface area contributed by atoms with Crippen LogP contribution in [0.4, 0.5) is 5.69 Å². The standard InChI is InChI=1S/C25H25N5OS/c1-18-10-12-22(13-11-18)27-24(31)19(2)32-25-29-28-23(21-9-6-15-26-17-21)30(25)16-14-20-7-4-3-5-8-20/h3-13,15,17,19H,14,16H2,1-2H3,(H,27,31)/t19-/m1/s1. The fraction of sp³-hybridized carbons (Fsp3) is 0.200. The van der Waals surface area contributed by atoms with E-state index < -0.39 is 0 Å². The molecule has 0 spiro atoms. The molecule has 1 N–H and O–H groups in total. The molecule has 2 aromatic heterocycles. The third-order valence-corrected chi connectivity index (χ3v) is 6.15. The number of carbonyl (C=O) groups excluding carboxylic acids is 1. The van der Waals surface area contributed by atoms with E-state index in [1.165, 1.54) is 17.3 Å². The first-order valence-electron chi connectivity index (χ1n) is 10.5. The molecule has 2 heterocycles. The Morgan fingerprint density at radius 3 is 2.53 bits per heavy atom. The quantitative estimate of drug-likeness (QED) is 0.388. The topological polar surface area (TPSA) is 72.7 Å². The Bertz CT molecular complexity index is 1160. The van der Waals surface area contributed by atoms with Gasteiger partial charge in [-0.3, -0.25) is 9.78 Å². The van der Waals surface area contributed by atoms with Crippen LogP contribution in [-0.2, 0) is 17.8 Å². The predicted octanol–water partition coefficient (Wildman–Crippen LogP) is 5.01. The Morgan fingerprint density at radius 2 is 1.81 bits per heavy atom. The van der Waals surface area contributed by atoms with Crippen LogP contribution in [-0.4, -0.2) is 30.9 Å². The first-order chi connectivity index (χ1) is 15.6. The lowest BCUT2D eigenvalue weighted by molar-refractivity contribution is -0.115. The Kier molecular flexibility index (Phi) is 6.97. The molecule has 2 aromatic carbocycles. The zero-order valence-corrected chi connectivity index (χ0v) is 18.9. The highest BCUT2D eigenvalue weighted by Crippen LogP contribution is 2.27. The van der Waals surface area contributed by atoms with Gasteiger partial charge in [0.2, 0.25) is 5.91 Å². The summed E-state index contributed by atoms with van der Waals surface area (Å²) >= 11 is 1.41. The maximum atomic E-state index is 12.8. The van der Waals surface area contributed by atoms with Crippen molar-refractivity contribution in [2.75, 3.05) is 5.32 Å². The van der Waals surface area contributed by atoms with E-state index in [4.69, 9.17) is 0 Å². The van der Waals surface area contributed by atoms with Gasteiger partial charge < -0.3 is 9.88 Å². The molecule has 0 unspecified atom stereocenters. The van der Waals surface area contributed by atoms with Crippen molar-refractivity contribution in [2.24, 2.45) is 0 Å². The molecule has 7 heteroatoms. The molecule has 0 saturated heterocycles. The fourth-order valence-corrected chi connectivity index (χ4v) is 4.14. The normalized spacial score (nSPS) is 11.8. The molecule has 0 bridgehead atoms. The van der Waals surface area contributed by atoms with Gasteiger partial charge in [-0.25, -0.2) is 0 Å². The molecule has 0 radical (unpaired) electrons. The lowest BCUT2D eigenvalue weighted by Gasteiger charge is -2.14. The van der Waals surface area contributed by atoms with Crippen LogP contribution in [0.2, 0.25) is 0 Å². The van der Waals surface area contributed by atoms with Gasteiger partial charge in [0.05, 0.1) is 5.25 Å². The van der Waals surface area contributed by atoms with E-state index in [0.29, 0.717) is 11.7 Å². The monoisotopic (exact) mass is 443 g/mol. The molecule has 1 atom stereocenters. The number of hydrogen-bond acceptors (Lipinski definition) is 5. The highest BCUT2D eigenvalue weighted by molar-refractivity contribution is 8.00. The number of pyridine rings is 1. The lowest BCUT2D eigenvalue weighted by Crippen LogP contribution is -2.23. The minimum Gasteiger partial charge on any atom is -0.325 e. The van der Waals surface area contributed by atoms with Crippen LogP contribution in [0.15, 0.2) is 84.3 Å². The predicted molar refractivity (Wildman–Crippen MR) is 129 cm³/mol. The highest BCUT2D eigenvalue weighted by atomic mass is 32.2. The van der Waals surface area contributed by atoms with E-state index in [9.17, 15) is 4.79 Å². The molecule has 6 nitrogen and oxygen atoms in total. The summed E-state index contributed by atoms with van der Waals surface area (Å²) in [7, 11) is 0. The van der Waals surface area contributed by atoms with Gasteiger partial charge in [-0.05, 0) is 50.1 Å². The van der Waals surface area contributed by atoms with Gasteiger partial charge in [-0.15, -0.1) is 10.2 Å². The van der Waals surface area contributed by atoms with Crippen LogP contribution in [0.25, 0.3) is 11.4 Å². The zero-order valence-electron chi connectivity index (χ0n) is 18.1. The van der Waals surface area contributed by atoms with E-state index in [-0.39, 0.29) is 11.2 Å². The summed E-state index contributed by atoms with van der Waals surface area (Å²) in [6.07, 6.45) is 4.36. The molecule has 0 aliphatic rings. The first kappa shape index (κ1) is 21.8. The molecule has 0 fully saturated rings. The Balaban J connectivity index is 1.53. The van der Waals surface area contributed by atoms with E-state index in [2.05, 4.69) is 37.2 Å². The van der Waals surface area contributed by atoms with Crippen molar-refractivity contribution in [1.29, 1.82) is 0 Å². The second-order valence-corrected chi connectivity index (χ2v) is 8.86. The molecule has 0 saturated carbocycles. The number of nitrogens with zero attached hydrogens (tertiary/aromatic N) is 4. The van der Waals surface area contributed by atoms with Crippen molar-refractivity contribution in [3.63, 3.8) is 0 Å².